The number of likely N-dealkylation sites (N-methyl/N-ethyl adjacent to an activating group) is 1. The van der Waals surface area contributed by atoms with Gasteiger partial charge in [0.2, 0.25) is 11.8 Å². The normalized spacial score (nSPS) is 10.9. The number of amides is 2. The van der Waals surface area contributed by atoms with Gasteiger partial charge in [-0.15, -0.1) is 0 Å². The van der Waals surface area contributed by atoms with Crippen LogP contribution in [0.2, 0.25) is 0 Å². The molecule has 3 rings (SSSR count). The van der Waals surface area contributed by atoms with Crippen molar-refractivity contribution in [3.63, 3.8) is 0 Å². The summed E-state index contributed by atoms with van der Waals surface area (Å²) < 4.78 is 1.96. The molecule has 2 amide bonds. The molecular formula is C23H27N5O2S. The summed E-state index contributed by atoms with van der Waals surface area (Å²) in [6, 6.07) is 11.9. The minimum absolute atomic E-state index is 0.0416. The van der Waals surface area contributed by atoms with Crippen LogP contribution in [0.1, 0.15) is 30.9 Å². The first-order valence-corrected chi connectivity index (χ1v) is 11.0. The summed E-state index contributed by atoms with van der Waals surface area (Å²) in [5.74, 6) is 0.688. The van der Waals surface area contributed by atoms with E-state index in [1.807, 2.05) is 23.8 Å². The smallest absolute Gasteiger partial charge is 0.245 e. The molecular weight excluding hydrogens is 410 g/mol. The number of aromatic nitrogens is 3. The highest BCUT2D eigenvalue weighted by Crippen LogP contribution is 2.22. The highest BCUT2D eigenvalue weighted by Gasteiger charge is 2.16. The SMILES string of the molecule is Cc1ccc(NC(=O)CN(C)C(=O)CSc2nccn2-c2ccc(C(C)C)cc2)nc1. The Labute approximate surface area is 186 Å². The molecule has 3 aromatic rings. The Kier molecular flexibility index (Phi) is 7.46. The quantitative estimate of drug-likeness (QED) is 0.541. The van der Waals surface area contributed by atoms with Gasteiger partial charge in [0.25, 0.3) is 0 Å². The van der Waals surface area contributed by atoms with E-state index >= 15 is 0 Å². The summed E-state index contributed by atoms with van der Waals surface area (Å²) >= 11 is 1.34. The van der Waals surface area contributed by atoms with Gasteiger partial charge in [-0.3, -0.25) is 14.2 Å². The lowest BCUT2D eigenvalue weighted by molar-refractivity contribution is -0.131. The molecule has 0 fully saturated rings. The number of rotatable bonds is 8. The van der Waals surface area contributed by atoms with Crippen molar-refractivity contribution in [2.24, 2.45) is 0 Å². The van der Waals surface area contributed by atoms with E-state index in [-0.39, 0.29) is 24.1 Å². The molecule has 2 heterocycles. The number of anilines is 1. The van der Waals surface area contributed by atoms with Crippen molar-refractivity contribution in [1.82, 2.24) is 19.4 Å². The van der Waals surface area contributed by atoms with E-state index < -0.39 is 0 Å². The van der Waals surface area contributed by atoms with Crippen LogP contribution >= 0.6 is 11.8 Å². The molecule has 0 saturated carbocycles. The molecule has 0 unspecified atom stereocenters. The molecule has 2 aromatic heterocycles. The minimum atomic E-state index is -0.288. The van der Waals surface area contributed by atoms with Crippen molar-refractivity contribution in [3.05, 3.63) is 66.1 Å². The maximum Gasteiger partial charge on any atom is 0.245 e. The van der Waals surface area contributed by atoms with E-state index in [0.29, 0.717) is 11.7 Å². The lowest BCUT2D eigenvalue weighted by atomic mass is 10.0. The minimum Gasteiger partial charge on any atom is -0.336 e. The van der Waals surface area contributed by atoms with Crippen LogP contribution in [0.4, 0.5) is 5.82 Å². The second-order valence-corrected chi connectivity index (χ2v) is 8.58. The maximum atomic E-state index is 12.5. The molecule has 7 nitrogen and oxygen atoms in total. The zero-order valence-electron chi connectivity index (χ0n) is 18.2. The van der Waals surface area contributed by atoms with Gasteiger partial charge >= 0.3 is 0 Å². The third kappa shape index (κ3) is 6.18. The number of nitrogens with zero attached hydrogens (tertiary/aromatic N) is 4. The molecule has 162 valence electrons. The number of pyridine rings is 1. The van der Waals surface area contributed by atoms with E-state index in [1.54, 1.807) is 25.5 Å². The van der Waals surface area contributed by atoms with Crippen molar-refractivity contribution < 1.29 is 9.59 Å². The van der Waals surface area contributed by atoms with Crippen LogP contribution < -0.4 is 5.32 Å². The Morgan fingerprint density at radius 3 is 2.52 bits per heavy atom. The lowest BCUT2D eigenvalue weighted by Gasteiger charge is -2.16. The summed E-state index contributed by atoms with van der Waals surface area (Å²) in [5.41, 5.74) is 3.28. The van der Waals surface area contributed by atoms with Crippen LogP contribution in [0.5, 0.6) is 0 Å². The number of hydrogen-bond acceptors (Lipinski definition) is 5. The lowest BCUT2D eigenvalue weighted by Crippen LogP contribution is -2.36. The van der Waals surface area contributed by atoms with E-state index in [4.69, 9.17) is 0 Å². The number of carbonyl (C=O) groups is 2. The van der Waals surface area contributed by atoms with Crippen molar-refractivity contribution in [2.45, 2.75) is 31.8 Å². The van der Waals surface area contributed by atoms with Crippen LogP contribution in [0.25, 0.3) is 5.69 Å². The molecule has 0 atom stereocenters. The molecule has 0 radical (unpaired) electrons. The van der Waals surface area contributed by atoms with E-state index in [9.17, 15) is 9.59 Å². The number of thioether (sulfide) groups is 1. The molecule has 31 heavy (non-hydrogen) atoms. The van der Waals surface area contributed by atoms with Gasteiger partial charge in [-0.25, -0.2) is 9.97 Å². The van der Waals surface area contributed by atoms with Crippen molar-refractivity contribution in [1.29, 1.82) is 0 Å². The molecule has 8 heteroatoms. The second-order valence-electron chi connectivity index (χ2n) is 7.63. The van der Waals surface area contributed by atoms with Crippen LogP contribution in [0.15, 0.2) is 60.1 Å². The first-order chi connectivity index (χ1) is 14.8. The summed E-state index contributed by atoms with van der Waals surface area (Å²) in [6.45, 7) is 6.20. The van der Waals surface area contributed by atoms with Gasteiger partial charge in [0, 0.05) is 31.3 Å². The highest BCUT2D eigenvalue weighted by atomic mass is 32.2. The van der Waals surface area contributed by atoms with Crippen LogP contribution in [-0.4, -0.2) is 50.6 Å². The average molecular weight is 438 g/mol. The molecule has 0 saturated heterocycles. The Morgan fingerprint density at radius 2 is 1.87 bits per heavy atom. The predicted molar refractivity (Wildman–Crippen MR) is 124 cm³/mol. The number of hydrogen-bond donors (Lipinski definition) is 1. The Hall–Kier alpha value is -3.13. The van der Waals surface area contributed by atoms with Crippen molar-refractivity contribution in [2.75, 3.05) is 24.7 Å². The standard InChI is InChI=1S/C23H27N5O2S/c1-16(2)18-6-8-19(9-7-18)28-12-11-24-23(28)31-15-22(30)27(4)14-21(29)26-20-10-5-17(3)13-25-20/h5-13,16H,14-15H2,1-4H3,(H,25,26,29). The number of aryl methyl sites for hydroxylation is 1. The third-order valence-corrected chi connectivity index (χ3v) is 5.71. The molecule has 1 N–H and O–H groups in total. The van der Waals surface area contributed by atoms with E-state index in [0.717, 1.165) is 16.4 Å². The number of carbonyl (C=O) groups excluding carboxylic acids is 2. The molecule has 0 spiro atoms. The van der Waals surface area contributed by atoms with Crippen LogP contribution in [-0.2, 0) is 9.59 Å². The monoisotopic (exact) mass is 437 g/mol. The summed E-state index contributed by atoms with van der Waals surface area (Å²) in [4.78, 5) is 34.6. The molecule has 0 bridgehead atoms. The van der Waals surface area contributed by atoms with Crippen molar-refractivity contribution in [3.8, 4) is 5.69 Å². The van der Waals surface area contributed by atoms with E-state index in [1.165, 1.54) is 22.2 Å². The number of imidazole rings is 1. The fraction of sp³-hybridized carbons (Fsp3) is 0.304. The van der Waals surface area contributed by atoms with Gasteiger partial charge < -0.3 is 10.2 Å². The van der Waals surface area contributed by atoms with Gasteiger partial charge in [-0.1, -0.05) is 43.8 Å². The predicted octanol–water partition coefficient (Wildman–Crippen LogP) is 3.89. The average Bonchev–Trinajstić information content (AvgIpc) is 3.22. The molecule has 0 aliphatic carbocycles. The third-order valence-electron chi connectivity index (χ3n) is 4.75. The van der Waals surface area contributed by atoms with E-state index in [2.05, 4.69) is 53.4 Å². The Morgan fingerprint density at radius 1 is 1.13 bits per heavy atom. The molecule has 0 aliphatic rings. The summed E-state index contributed by atoms with van der Waals surface area (Å²) in [7, 11) is 1.61. The molecule has 1 aromatic carbocycles. The summed E-state index contributed by atoms with van der Waals surface area (Å²) in [6.07, 6.45) is 5.28. The Balaban J connectivity index is 1.54. The second kappa shape index (κ2) is 10.3. The Bertz CT molecular complexity index is 1030. The van der Waals surface area contributed by atoms with Crippen molar-refractivity contribution >= 4 is 29.4 Å². The van der Waals surface area contributed by atoms with Gasteiger partial charge in [0.05, 0.1) is 12.3 Å². The maximum absolute atomic E-state index is 12.5. The zero-order chi connectivity index (χ0) is 22.4. The van der Waals surface area contributed by atoms with Gasteiger partial charge in [-0.05, 0) is 42.2 Å². The van der Waals surface area contributed by atoms with Gasteiger partial charge in [-0.2, -0.15) is 0 Å². The first kappa shape index (κ1) is 22.6. The number of nitrogens with one attached hydrogen (secondary N) is 1. The fourth-order valence-electron chi connectivity index (χ4n) is 2.88. The van der Waals surface area contributed by atoms with Crippen LogP contribution in [0, 0.1) is 6.92 Å². The van der Waals surface area contributed by atoms with Gasteiger partial charge in [0.15, 0.2) is 5.16 Å². The largest absolute Gasteiger partial charge is 0.336 e. The first-order valence-electron chi connectivity index (χ1n) is 10.1. The number of benzene rings is 1. The van der Waals surface area contributed by atoms with Crippen LogP contribution in [0.3, 0.4) is 0 Å². The zero-order valence-corrected chi connectivity index (χ0v) is 19.0. The van der Waals surface area contributed by atoms with Gasteiger partial charge in [0.1, 0.15) is 5.82 Å². The highest BCUT2D eigenvalue weighted by molar-refractivity contribution is 7.99. The molecule has 0 aliphatic heterocycles. The fourth-order valence-corrected chi connectivity index (χ4v) is 3.79. The topological polar surface area (TPSA) is 80.1 Å². The summed E-state index contributed by atoms with van der Waals surface area (Å²) in [5, 5.41) is 3.43.